The van der Waals surface area contributed by atoms with Crippen LogP contribution in [0.3, 0.4) is 0 Å². The van der Waals surface area contributed by atoms with E-state index in [1.165, 1.54) is 0 Å². The van der Waals surface area contributed by atoms with Crippen LogP contribution in [0.2, 0.25) is 0 Å². The van der Waals surface area contributed by atoms with Gasteiger partial charge in [0.05, 0.1) is 14.2 Å². The average Bonchev–Trinajstić information content (AvgIpc) is 2.75. The van der Waals surface area contributed by atoms with Gasteiger partial charge in [0.1, 0.15) is 11.5 Å². The molecule has 0 radical (unpaired) electrons. The van der Waals surface area contributed by atoms with Crippen LogP contribution >= 0.6 is 0 Å². The average molecular weight is 399 g/mol. The third kappa shape index (κ3) is 6.82. The molecule has 0 aliphatic heterocycles. The van der Waals surface area contributed by atoms with Gasteiger partial charge in [-0.2, -0.15) is 0 Å². The Hall–Kier alpha value is -3.02. The molecule has 1 unspecified atom stereocenters. The van der Waals surface area contributed by atoms with Crippen LogP contribution in [0, 0.1) is 0 Å². The molecule has 0 bridgehead atoms. The lowest BCUT2D eigenvalue weighted by molar-refractivity contribution is -0.121. The Balaban J connectivity index is 1.90. The lowest BCUT2D eigenvalue weighted by Crippen LogP contribution is -2.32. The largest absolute Gasteiger partial charge is 0.497 e. The molecule has 2 aromatic carbocycles. The van der Waals surface area contributed by atoms with Crippen molar-refractivity contribution in [2.45, 2.75) is 45.7 Å². The van der Waals surface area contributed by atoms with E-state index in [0.29, 0.717) is 24.9 Å². The van der Waals surface area contributed by atoms with E-state index in [2.05, 4.69) is 10.6 Å². The normalized spacial score (nSPS) is 11.4. The first-order chi connectivity index (χ1) is 14.0. The van der Waals surface area contributed by atoms with Crippen LogP contribution in [0.25, 0.3) is 0 Å². The minimum atomic E-state index is -0.0994. The summed E-state index contributed by atoms with van der Waals surface area (Å²) < 4.78 is 10.6. The summed E-state index contributed by atoms with van der Waals surface area (Å²) in [6, 6.07) is 13.0. The number of rotatable bonds is 10. The minimum Gasteiger partial charge on any atom is -0.497 e. The Morgan fingerprint density at radius 3 is 2.55 bits per heavy atom. The van der Waals surface area contributed by atoms with Crippen LogP contribution in [-0.4, -0.2) is 32.1 Å². The molecule has 0 aromatic heterocycles. The summed E-state index contributed by atoms with van der Waals surface area (Å²) in [6.45, 7) is 4.37. The number of carbonyl (C=O) groups is 2. The number of methoxy groups -OCH3 is 2. The molecule has 2 rings (SSSR count). The quantitative estimate of drug-likeness (QED) is 0.642. The predicted molar refractivity (Wildman–Crippen MR) is 113 cm³/mol. The number of ether oxygens (including phenoxy) is 2. The highest BCUT2D eigenvalue weighted by molar-refractivity contribution is 5.94. The van der Waals surface area contributed by atoms with Crippen LogP contribution in [0.4, 0.5) is 0 Å². The molecule has 0 heterocycles. The summed E-state index contributed by atoms with van der Waals surface area (Å²) in [6.07, 6.45) is 1.75. The van der Waals surface area contributed by atoms with E-state index in [1.807, 2.05) is 50.2 Å². The number of nitrogens with one attached hydrogen (secondary N) is 2. The van der Waals surface area contributed by atoms with Crippen molar-refractivity contribution >= 4 is 11.8 Å². The summed E-state index contributed by atoms with van der Waals surface area (Å²) in [7, 11) is 3.21. The van der Waals surface area contributed by atoms with E-state index in [0.717, 1.165) is 29.0 Å². The molecule has 2 aromatic rings. The molecule has 0 fully saturated rings. The van der Waals surface area contributed by atoms with Gasteiger partial charge in [0.25, 0.3) is 5.91 Å². The lowest BCUT2D eigenvalue weighted by Gasteiger charge is -2.12. The number of hydrogen-bond acceptors (Lipinski definition) is 4. The topological polar surface area (TPSA) is 76.7 Å². The molecule has 0 saturated heterocycles. The maximum absolute atomic E-state index is 12.3. The van der Waals surface area contributed by atoms with Crippen LogP contribution < -0.4 is 20.1 Å². The second-order valence-corrected chi connectivity index (χ2v) is 6.94. The fourth-order valence-electron chi connectivity index (χ4n) is 2.85. The second-order valence-electron chi connectivity index (χ2n) is 6.94. The first-order valence-electron chi connectivity index (χ1n) is 9.84. The summed E-state index contributed by atoms with van der Waals surface area (Å²) in [5.74, 6) is 1.30. The molecule has 6 nitrogen and oxygen atoms in total. The van der Waals surface area contributed by atoms with Crippen molar-refractivity contribution in [2.75, 3.05) is 14.2 Å². The number of aryl methyl sites for hydroxylation is 1. The van der Waals surface area contributed by atoms with Crippen molar-refractivity contribution in [2.24, 2.45) is 0 Å². The number of carbonyl (C=O) groups excluding carboxylic acids is 2. The van der Waals surface area contributed by atoms with Crippen LogP contribution in [0.15, 0.2) is 42.5 Å². The van der Waals surface area contributed by atoms with Crippen LogP contribution in [-0.2, 0) is 17.8 Å². The Morgan fingerprint density at radius 2 is 1.86 bits per heavy atom. The monoisotopic (exact) mass is 398 g/mol. The van der Waals surface area contributed by atoms with Crippen molar-refractivity contribution in [3.63, 3.8) is 0 Å². The van der Waals surface area contributed by atoms with Crippen molar-refractivity contribution in [1.82, 2.24) is 10.6 Å². The molecule has 6 heteroatoms. The summed E-state index contributed by atoms with van der Waals surface area (Å²) in [4.78, 5) is 24.5. The predicted octanol–water partition coefficient (Wildman–Crippen LogP) is 3.48. The van der Waals surface area contributed by atoms with Crippen molar-refractivity contribution in [3.8, 4) is 11.5 Å². The smallest absolute Gasteiger partial charge is 0.251 e. The third-order valence-corrected chi connectivity index (χ3v) is 4.78. The molecule has 156 valence electrons. The van der Waals surface area contributed by atoms with E-state index in [-0.39, 0.29) is 17.9 Å². The van der Waals surface area contributed by atoms with Crippen molar-refractivity contribution in [1.29, 1.82) is 0 Å². The zero-order valence-corrected chi connectivity index (χ0v) is 17.6. The minimum absolute atomic E-state index is 0.0654. The summed E-state index contributed by atoms with van der Waals surface area (Å²) in [5.41, 5.74) is 2.40. The molecule has 0 saturated carbocycles. The molecular formula is C23H30N2O4. The van der Waals surface area contributed by atoms with Gasteiger partial charge in [0.15, 0.2) is 0 Å². The fraction of sp³-hybridized carbons (Fsp3) is 0.391. The Labute approximate surface area is 172 Å². The molecule has 2 amide bonds. The van der Waals surface area contributed by atoms with Gasteiger partial charge in [-0.3, -0.25) is 9.59 Å². The van der Waals surface area contributed by atoms with Gasteiger partial charge in [-0.25, -0.2) is 0 Å². The standard InChI is InChI=1S/C23H30N2O4/c1-5-16(2)25-23(27)19-8-6-7-17(13-19)15-24-22(26)12-9-18-14-20(28-3)10-11-21(18)29-4/h6-8,10-11,13-14,16H,5,9,12,15H2,1-4H3,(H,24,26)(H,25,27). The highest BCUT2D eigenvalue weighted by Gasteiger charge is 2.11. The zero-order valence-electron chi connectivity index (χ0n) is 17.6. The van der Waals surface area contributed by atoms with Gasteiger partial charge in [-0.05, 0) is 61.2 Å². The maximum atomic E-state index is 12.3. The first kappa shape index (κ1) is 22.3. The van der Waals surface area contributed by atoms with Gasteiger partial charge in [0.2, 0.25) is 5.91 Å². The Bertz CT molecular complexity index is 835. The number of amides is 2. The molecule has 1 atom stereocenters. The zero-order chi connectivity index (χ0) is 21.2. The van der Waals surface area contributed by atoms with Crippen molar-refractivity contribution < 1.29 is 19.1 Å². The van der Waals surface area contributed by atoms with Gasteiger partial charge < -0.3 is 20.1 Å². The SMILES string of the molecule is CCC(C)NC(=O)c1cccc(CNC(=O)CCc2cc(OC)ccc2OC)c1. The first-order valence-corrected chi connectivity index (χ1v) is 9.84. The van der Waals surface area contributed by atoms with Gasteiger partial charge >= 0.3 is 0 Å². The van der Waals surface area contributed by atoms with E-state index in [1.54, 1.807) is 20.3 Å². The Morgan fingerprint density at radius 1 is 1.07 bits per heavy atom. The molecule has 2 N–H and O–H groups in total. The fourth-order valence-corrected chi connectivity index (χ4v) is 2.85. The molecule has 0 aliphatic carbocycles. The lowest BCUT2D eigenvalue weighted by atomic mass is 10.1. The third-order valence-electron chi connectivity index (χ3n) is 4.78. The highest BCUT2D eigenvalue weighted by atomic mass is 16.5. The van der Waals surface area contributed by atoms with Crippen molar-refractivity contribution in [3.05, 3.63) is 59.2 Å². The van der Waals surface area contributed by atoms with E-state index in [4.69, 9.17) is 9.47 Å². The van der Waals surface area contributed by atoms with E-state index >= 15 is 0 Å². The van der Waals surface area contributed by atoms with E-state index < -0.39 is 0 Å². The van der Waals surface area contributed by atoms with Crippen LogP contribution in [0.5, 0.6) is 11.5 Å². The van der Waals surface area contributed by atoms with Gasteiger partial charge in [-0.15, -0.1) is 0 Å². The molecule has 0 spiro atoms. The molecule has 29 heavy (non-hydrogen) atoms. The molecule has 0 aliphatic rings. The molecular weight excluding hydrogens is 368 g/mol. The van der Waals surface area contributed by atoms with E-state index in [9.17, 15) is 9.59 Å². The summed E-state index contributed by atoms with van der Waals surface area (Å²) in [5, 5.41) is 5.86. The van der Waals surface area contributed by atoms with Gasteiger partial charge in [0, 0.05) is 24.6 Å². The maximum Gasteiger partial charge on any atom is 0.251 e. The second kappa shape index (κ2) is 11.1. The van der Waals surface area contributed by atoms with Gasteiger partial charge in [-0.1, -0.05) is 19.1 Å². The number of benzene rings is 2. The highest BCUT2D eigenvalue weighted by Crippen LogP contribution is 2.25. The number of hydrogen-bond donors (Lipinski definition) is 2. The summed E-state index contributed by atoms with van der Waals surface area (Å²) >= 11 is 0. The van der Waals surface area contributed by atoms with Crippen LogP contribution in [0.1, 0.15) is 48.2 Å². The Kier molecular flexibility index (Phi) is 8.52.